The molecule has 0 N–H and O–H groups in total. The van der Waals surface area contributed by atoms with E-state index in [9.17, 15) is 0 Å². The Kier molecular flexibility index (Phi) is 12.6. The van der Waals surface area contributed by atoms with Crippen molar-refractivity contribution < 1.29 is 0 Å². The van der Waals surface area contributed by atoms with Crippen molar-refractivity contribution in [3.05, 3.63) is 205 Å². The summed E-state index contributed by atoms with van der Waals surface area (Å²) in [6.07, 6.45) is 16.7. The fourth-order valence-corrected chi connectivity index (χ4v) is 9.59. The van der Waals surface area contributed by atoms with Crippen LogP contribution in [0.5, 0.6) is 0 Å². The summed E-state index contributed by atoms with van der Waals surface area (Å²) < 4.78 is 2.38. The molecular formula is C62H58N4. The first-order chi connectivity index (χ1) is 32.6. The molecular weight excluding hydrogens is 801 g/mol. The fraction of sp³-hybridized carbons (Fsp3) is 0.194. The van der Waals surface area contributed by atoms with Crippen LogP contribution in [0.3, 0.4) is 0 Å². The highest BCUT2D eigenvalue weighted by molar-refractivity contribution is 6.10. The molecule has 9 aromatic rings. The minimum Gasteiger partial charge on any atom is -0.334 e. The molecule has 11 rings (SSSR count). The van der Waals surface area contributed by atoms with Crippen LogP contribution < -0.4 is 4.90 Å². The van der Waals surface area contributed by atoms with Gasteiger partial charge < -0.3 is 9.47 Å². The lowest BCUT2D eigenvalue weighted by molar-refractivity contribution is 0.667. The SMILES string of the molecule is CCCC.CCCCCCc1ccc(-c2cc(-c3ccc(N4c5ccc(-c6ccc7c(c6)c6ccccc6n7-c6ccccc6)cc5C5=CC=CC4C5)cc3)nc(-c3ccccc3)n2)cc1. The van der Waals surface area contributed by atoms with Gasteiger partial charge in [-0.1, -0.05) is 186 Å². The van der Waals surface area contributed by atoms with Crippen molar-refractivity contribution in [3.63, 3.8) is 0 Å². The molecule has 1 unspecified atom stereocenters. The lowest BCUT2D eigenvalue weighted by Gasteiger charge is -2.40. The van der Waals surface area contributed by atoms with Crippen LogP contribution in [0, 0.1) is 0 Å². The van der Waals surface area contributed by atoms with Crippen molar-refractivity contribution in [2.75, 3.05) is 4.90 Å². The highest BCUT2D eigenvalue weighted by Gasteiger charge is 2.31. The summed E-state index contributed by atoms with van der Waals surface area (Å²) in [6, 6.07) is 64.1. The first kappa shape index (κ1) is 42.6. The zero-order chi connectivity index (χ0) is 44.8. The van der Waals surface area contributed by atoms with Gasteiger partial charge >= 0.3 is 0 Å². The third kappa shape index (κ3) is 8.64. The number of aromatic nitrogens is 3. The minimum absolute atomic E-state index is 0.240. The summed E-state index contributed by atoms with van der Waals surface area (Å²) in [5.41, 5.74) is 17.6. The van der Waals surface area contributed by atoms with Gasteiger partial charge in [0.15, 0.2) is 5.82 Å². The maximum absolute atomic E-state index is 5.15. The number of allylic oxidation sites excluding steroid dienone is 2. The number of hydrogen-bond acceptors (Lipinski definition) is 3. The molecule has 0 radical (unpaired) electrons. The molecule has 3 heterocycles. The van der Waals surface area contributed by atoms with E-state index in [4.69, 9.17) is 9.97 Å². The second-order valence-corrected chi connectivity index (χ2v) is 17.8. The molecule has 1 aliphatic carbocycles. The van der Waals surface area contributed by atoms with Gasteiger partial charge in [-0.25, -0.2) is 9.97 Å². The summed E-state index contributed by atoms with van der Waals surface area (Å²) in [4.78, 5) is 12.8. The molecule has 1 atom stereocenters. The molecule has 0 fully saturated rings. The molecule has 66 heavy (non-hydrogen) atoms. The van der Waals surface area contributed by atoms with E-state index in [1.165, 1.54) is 105 Å². The molecule has 0 spiro atoms. The van der Waals surface area contributed by atoms with Crippen molar-refractivity contribution in [3.8, 4) is 50.7 Å². The van der Waals surface area contributed by atoms with Crippen molar-refractivity contribution in [1.82, 2.24) is 14.5 Å². The highest BCUT2D eigenvalue weighted by atomic mass is 15.2. The van der Waals surface area contributed by atoms with Gasteiger partial charge in [-0.2, -0.15) is 0 Å². The second kappa shape index (κ2) is 19.4. The number of para-hydroxylation sites is 2. The lowest BCUT2D eigenvalue weighted by Crippen LogP contribution is -2.34. The van der Waals surface area contributed by atoms with Gasteiger partial charge in [-0.3, -0.25) is 0 Å². The van der Waals surface area contributed by atoms with E-state index in [2.05, 4.69) is 218 Å². The van der Waals surface area contributed by atoms with Gasteiger partial charge in [0.25, 0.3) is 0 Å². The Morgan fingerprint density at radius 1 is 0.500 bits per heavy atom. The Labute approximate surface area is 390 Å². The number of unbranched alkanes of at least 4 members (excludes halogenated alkanes) is 4. The first-order valence-corrected chi connectivity index (χ1v) is 24.1. The topological polar surface area (TPSA) is 34.0 Å². The average molecular weight is 859 g/mol. The molecule has 0 saturated heterocycles. The molecule has 0 saturated carbocycles. The zero-order valence-electron chi connectivity index (χ0n) is 38.5. The summed E-state index contributed by atoms with van der Waals surface area (Å²) in [5, 5.41) is 2.53. The zero-order valence-corrected chi connectivity index (χ0v) is 38.5. The second-order valence-electron chi connectivity index (χ2n) is 17.8. The normalized spacial score (nSPS) is 13.9. The van der Waals surface area contributed by atoms with Gasteiger partial charge in [-0.15, -0.1) is 0 Å². The number of nitrogens with zero attached hydrogens (tertiary/aromatic N) is 4. The van der Waals surface area contributed by atoms with E-state index in [1.54, 1.807) is 0 Å². The molecule has 326 valence electrons. The number of rotatable bonds is 12. The number of aryl methyl sites for hydroxylation is 1. The summed E-state index contributed by atoms with van der Waals surface area (Å²) in [6.45, 7) is 6.63. The van der Waals surface area contributed by atoms with Crippen molar-refractivity contribution in [2.45, 2.75) is 78.2 Å². The van der Waals surface area contributed by atoms with E-state index in [0.29, 0.717) is 0 Å². The Morgan fingerprint density at radius 3 is 1.86 bits per heavy atom. The van der Waals surface area contributed by atoms with Crippen LogP contribution in [-0.4, -0.2) is 20.6 Å². The number of fused-ring (bicyclic) bond motifs is 7. The van der Waals surface area contributed by atoms with Crippen LogP contribution in [0.4, 0.5) is 11.4 Å². The van der Waals surface area contributed by atoms with E-state index >= 15 is 0 Å². The molecule has 4 nitrogen and oxygen atoms in total. The monoisotopic (exact) mass is 858 g/mol. The third-order valence-electron chi connectivity index (χ3n) is 13.3. The van der Waals surface area contributed by atoms with Gasteiger partial charge in [0, 0.05) is 50.1 Å². The largest absolute Gasteiger partial charge is 0.334 e. The molecule has 2 bridgehead atoms. The lowest BCUT2D eigenvalue weighted by atomic mass is 9.85. The molecule has 0 amide bonds. The Morgan fingerprint density at radius 2 is 1.14 bits per heavy atom. The molecule has 1 aliphatic heterocycles. The standard InChI is InChI=1S/C58H48N4.C4H10/c1-2-3-4-7-15-40-24-26-41(27-25-40)53-39-54(60-58(59-53)43-16-8-5-9-17-43)42-28-32-48(33-29-42)61-49-21-14-18-46(36-49)51-37-44(30-34-56(51)61)45-31-35-57-52(38-45)50-22-12-13-23-55(50)62(57)47-19-10-6-11-20-47;1-3-4-2/h5-6,8-14,16-35,37-39,49H,2-4,7,15,36H2,1H3;3-4H2,1-2H3. The summed E-state index contributed by atoms with van der Waals surface area (Å²) in [7, 11) is 0. The van der Waals surface area contributed by atoms with Crippen LogP contribution in [0.1, 0.15) is 76.8 Å². The summed E-state index contributed by atoms with van der Waals surface area (Å²) >= 11 is 0. The smallest absolute Gasteiger partial charge is 0.160 e. The Hall–Kier alpha value is -7.30. The molecule has 2 aromatic heterocycles. The van der Waals surface area contributed by atoms with Crippen LogP contribution in [-0.2, 0) is 6.42 Å². The first-order valence-electron chi connectivity index (χ1n) is 24.1. The van der Waals surface area contributed by atoms with Crippen LogP contribution in [0.25, 0.3) is 78.1 Å². The average Bonchev–Trinajstić information content (AvgIpc) is 3.72. The van der Waals surface area contributed by atoms with Crippen LogP contribution >= 0.6 is 0 Å². The fourth-order valence-electron chi connectivity index (χ4n) is 9.59. The predicted molar refractivity (Wildman–Crippen MR) is 281 cm³/mol. The van der Waals surface area contributed by atoms with E-state index in [1.807, 2.05) is 6.07 Å². The van der Waals surface area contributed by atoms with Gasteiger partial charge in [0.1, 0.15) is 0 Å². The predicted octanol–water partition coefficient (Wildman–Crippen LogP) is 17.0. The number of anilines is 2. The minimum atomic E-state index is 0.240. The Bertz CT molecular complexity index is 3160. The molecule has 4 heteroatoms. The maximum atomic E-state index is 5.15. The van der Waals surface area contributed by atoms with Crippen LogP contribution in [0.15, 0.2) is 194 Å². The van der Waals surface area contributed by atoms with Crippen LogP contribution in [0.2, 0.25) is 0 Å². The van der Waals surface area contributed by atoms with Gasteiger partial charge in [0.2, 0.25) is 0 Å². The molecule has 2 aliphatic rings. The van der Waals surface area contributed by atoms with Crippen molar-refractivity contribution in [2.24, 2.45) is 0 Å². The number of benzene rings is 7. The highest BCUT2D eigenvalue weighted by Crippen LogP contribution is 2.46. The maximum Gasteiger partial charge on any atom is 0.160 e. The Balaban J connectivity index is 0.00000123. The quantitative estimate of drug-likeness (QED) is 0.115. The van der Waals surface area contributed by atoms with Gasteiger partial charge in [0.05, 0.1) is 28.5 Å². The van der Waals surface area contributed by atoms with Gasteiger partial charge in [-0.05, 0) is 102 Å². The molecule has 7 aromatic carbocycles. The summed E-state index contributed by atoms with van der Waals surface area (Å²) in [5.74, 6) is 0.736. The van der Waals surface area contributed by atoms with Crippen molar-refractivity contribution in [1.29, 1.82) is 0 Å². The van der Waals surface area contributed by atoms with E-state index in [0.717, 1.165) is 46.7 Å². The van der Waals surface area contributed by atoms with Crippen molar-refractivity contribution >= 4 is 38.8 Å². The number of hydrogen-bond donors (Lipinski definition) is 0. The van der Waals surface area contributed by atoms with E-state index < -0.39 is 0 Å². The van der Waals surface area contributed by atoms with E-state index in [-0.39, 0.29) is 6.04 Å². The third-order valence-corrected chi connectivity index (χ3v) is 13.3.